The summed E-state index contributed by atoms with van der Waals surface area (Å²) in [6.07, 6.45) is 3.41. The zero-order chi connectivity index (χ0) is 13.0. The number of nitrogens with zero attached hydrogens (tertiary/aromatic N) is 1. The number of likely N-dealkylation sites (tertiary alicyclic amines) is 1. The maximum atomic E-state index is 11.7. The normalized spacial score (nSPS) is 17.7. The van der Waals surface area contributed by atoms with Gasteiger partial charge in [-0.25, -0.2) is 4.79 Å². The quantitative estimate of drug-likeness (QED) is 0.768. The number of rotatable bonds is 3. The van der Waals surface area contributed by atoms with Crippen molar-refractivity contribution in [2.45, 2.75) is 19.3 Å². The number of hydrogen-bond donors (Lipinski definition) is 0. The van der Waals surface area contributed by atoms with Gasteiger partial charge < -0.3 is 9.64 Å². The molecule has 0 aromatic heterocycles. The maximum Gasteiger partial charge on any atom is 0.338 e. The first-order valence-corrected chi connectivity index (χ1v) is 6.55. The fourth-order valence-electron chi connectivity index (χ4n) is 2.58. The Labute approximate surface area is 109 Å². The molecule has 0 bridgehead atoms. The van der Waals surface area contributed by atoms with Crippen LogP contribution in [0.2, 0.25) is 0 Å². The Morgan fingerprint density at radius 1 is 1.33 bits per heavy atom. The highest BCUT2D eigenvalue weighted by Gasteiger charge is 2.19. The van der Waals surface area contributed by atoms with Gasteiger partial charge in [-0.1, -0.05) is 18.2 Å². The van der Waals surface area contributed by atoms with Crippen LogP contribution in [-0.4, -0.2) is 38.1 Å². The summed E-state index contributed by atoms with van der Waals surface area (Å²) >= 11 is 0. The van der Waals surface area contributed by atoms with E-state index in [1.807, 2.05) is 24.3 Å². The van der Waals surface area contributed by atoms with Gasteiger partial charge in [-0.15, -0.1) is 0 Å². The lowest BCUT2D eigenvalue weighted by Crippen LogP contribution is -2.31. The minimum Gasteiger partial charge on any atom is -0.465 e. The van der Waals surface area contributed by atoms with Crippen LogP contribution in [0.5, 0.6) is 0 Å². The smallest absolute Gasteiger partial charge is 0.338 e. The molecule has 0 atom stereocenters. The van der Waals surface area contributed by atoms with E-state index >= 15 is 0 Å². The van der Waals surface area contributed by atoms with E-state index in [9.17, 15) is 4.79 Å². The lowest BCUT2D eigenvalue weighted by molar-refractivity contribution is 0.0599. The molecular formula is C15H21NO2. The van der Waals surface area contributed by atoms with Crippen LogP contribution in [0.3, 0.4) is 0 Å². The number of carbonyl (C=O) groups is 1. The van der Waals surface area contributed by atoms with Gasteiger partial charge in [-0.2, -0.15) is 0 Å². The van der Waals surface area contributed by atoms with Crippen LogP contribution in [0, 0.1) is 5.92 Å². The van der Waals surface area contributed by atoms with Crippen LogP contribution in [0.1, 0.15) is 28.8 Å². The predicted octanol–water partition coefficient (Wildman–Crippen LogP) is 2.36. The summed E-state index contributed by atoms with van der Waals surface area (Å²) in [4.78, 5) is 14.1. The second kappa shape index (κ2) is 6.01. The molecule has 1 aromatic carbocycles. The van der Waals surface area contributed by atoms with E-state index < -0.39 is 0 Å². The van der Waals surface area contributed by atoms with E-state index in [4.69, 9.17) is 4.74 Å². The Morgan fingerprint density at radius 3 is 2.67 bits per heavy atom. The molecule has 1 aliphatic heterocycles. The van der Waals surface area contributed by atoms with Crippen molar-refractivity contribution < 1.29 is 9.53 Å². The predicted molar refractivity (Wildman–Crippen MR) is 71.7 cm³/mol. The second-order valence-electron chi connectivity index (χ2n) is 5.10. The number of hydrogen-bond acceptors (Lipinski definition) is 3. The zero-order valence-corrected chi connectivity index (χ0v) is 11.2. The summed E-state index contributed by atoms with van der Waals surface area (Å²) in [5.41, 5.74) is 1.85. The van der Waals surface area contributed by atoms with Crippen molar-refractivity contribution in [1.82, 2.24) is 4.90 Å². The highest BCUT2D eigenvalue weighted by molar-refractivity contribution is 5.90. The first kappa shape index (κ1) is 13.1. The average molecular weight is 247 g/mol. The fourth-order valence-corrected chi connectivity index (χ4v) is 2.58. The molecule has 18 heavy (non-hydrogen) atoms. The second-order valence-corrected chi connectivity index (χ2v) is 5.10. The summed E-state index contributed by atoms with van der Waals surface area (Å²) < 4.78 is 4.84. The molecule has 98 valence electrons. The summed E-state index contributed by atoms with van der Waals surface area (Å²) in [6, 6.07) is 7.79. The Hall–Kier alpha value is -1.35. The van der Waals surface area contributed by atoms with Crippen LogP contribution >= 0.6 is 0 Å². The molecule has 1 aromatic rings. The van der Waals surface area contributed by atoms with E-state index in [2.05, 4.69) is 11.9 Å². The van der Waals surface area contributed by atoms with E-state index in [1.165, 1.54) is 20.0 Å². The van der Waals surface area contributed by atoms with Crippen molar-refractivity contribution in [1.29, 1.82) is 0 Å². The third-order valence-corrected chi connectivity index (χ3v) is 3.77. The van der Waals surface area contributed by atoms with Crippen LogP contribution < -0.4 is 0 Å². The van der Waals surface area contributed by atoms with Crippen molar-refractivity contribution >= 4 is 5.97 Å². The van der Waals surface area contributed by atoms with E-state index in [0.29, 0.717) is 5.92 Å². The van der Waals surface area contributed by atoms with E-state index in [0.717, 1.165) is 30.6 Å². The third kappa shape index (κ3) is 3.10. The van der Waals surface area contributed by atoms with Crippen LogP contribution in [-0.2, 0) is 11.2 Å². The van der Waals surface area contributed by atoms with Gasteiger partial charge in [-0.3, -0.25) is 0 Å². The molecule has 0 aliphatic carbocycles. The number of ether oxygens (including phenoxy) is 1. The van der Waals surface area contributed by atoms with E-state index in [-0.39, 0.29) is 5.97 Å². The molecule has 1 heterocycles. The standard InChI is InChI=1S/C15H21NO2/c1-16-9-7-12(8-10-16)11-13-5-3-4-6-14(13)15(17)18-2/h3-6,12H,7-11H2,1-2H3. The maximum absolute atomic E-state index is 11.7. The SMILES string of the molecule is COC(=O)c1ccccc1CC1CCN(C)CC1. The van der Waals surface area contributed by atoms with Crippen molar-refractivity contribution in [2.75, 3.05) is 27.2 Å². The van der Waals surface area contributed by atoms with Gasteiger partial charge in [0.1, 0.15) is 0 Å². The summed E-state index contributed by atoms with van der Waals surface area (Å²) in [7, 11) is 3.60. The first-order chi connectivity index (χ1) is 8.70. The average Bonchev–Trinajstić information content (AvgIpc) is 2.41. The highest BCUT2D eigenvalue weighted by atomic mass is 16.5. The fraction of sp³-hybridized carbons (Fsp3) is 0.533. The number of methoxy groups -OCH3 is 1. The van der Waals surface area contributed by atoms with Gasteiger partial charge in [0.15, 0.2) is 0 Å². The molecule has 2 rings (SSSR count). The van der Waals surface area contributed by atoms with Crippen LogP contribution in [0.15, 0.2) is 24.3 Å². The Kier molecular flexibility index (Phi) is 4.37. The number of carbonyl (C=O) groups excluding carboxylic acids is 1. The Balaban J connectivity index is 2.07. The molecule has 1 fully saturated rings. The topological polar surface area (TPSA) is 29.5 Å². The van der Waals surface area contributed by atoms with Crippen molar-refractivity contribution in [3.8, 4) is 0 Å². The molecule has 0 unspecified atom stereocenters. The monoisotopic (exact) mass is 247 g/mol. The van der Waals surface area contributed by atoms with E-state index in [1.54, 1.807) is 0 Å². The van der Waals surface area contributed by atoms with Crippen molar-refractivity contribution in [2.24, 2.45) is 5.92 Å². The molecule has 3 heteroatoms. The molecular weight excluding hydrogens is 226 g/mol. The van der Waals surface area contributed by atoms with Crippen LogP contribution in [0.25, 0.3) is 0 Å². The van der Waals surface area contributed by atoms with Gasteiger partial charge in [0.05, 0.1) is 12.7 Å². The van der Waals surface area contributed by atoms with Gasteiger partial charge in [0.2, 0.25) is 0 Å². The third-order valence-electron chi connectivity index (χ3n) is 3.77. The van der Waals surface area contributed by atoms with Crippen molar-refractivity contribution in [3.63, 3.8) is 0 Å². The minimum atomic E-state index is -0.224. The van der Waals surface area contributed by atoms with Crippen LogP contribution in [0.4, 0.5) is 0 Å². The molecule has 0 saturated carbocycles. The summed E-state index contributed by atoms with van der Waals surface area (Å²) in [5.74, 6) is 0.463. The molecule has 3 nitrogen and oxygen atoms in total. The number of esters is 1. The van der Waals surface area contributed by atoms with Gasteiger partial charge >= 0.3 is 5.97 Å². The molecule has 0 amide bonds. The largest absolute Gasteiger partial charge is 0.465 e. The Bertz CT molecular complexity index is 409. The molecule has 1 saturated heterocycles. The van der Waals surface area contributed by atoms with Gasteiger partial charge in [0.25, 0.3) is 0 Å². The van der Waals surface area contributed by atoms with Gasteiger partial charge in [-0.05, 0) is 56.9 Å². The van der Waals surface area contributed by atoms with Gasteiger partial charge in [0, 0.05) is 0 Å². The zero-order valence-electron chi connectivity index (χ0n) is 11.2. The number of piperidine rings is 1. The molecule has 0 radical (unpaired) electrons. The van der Waals surface area contributed by atoms with Crippen molar-refractivity contribution in [3.05, 3.63) is 35.4 Å². The highest BCUT2D eigenvalue weighted by Crippen LogP contribution is 2.23. The first-order valence-electron chi connectivity index (χ1n) is 6.55. The lowest BCUT2D eigenvalue weighted by atomic mass is 9.88. The molecule has 0 spiro atoms. The summed E-state index contributed by atoms with van der Waals surface area (Å²) in [6.45, 7) is 2.32. The Morgan fingerprint density at radius 2 is 2.00 bits per heavy atom. The number of benzene rings is 1. The molecule has 1 aliphatic rings. The lowest BCUT2D eigenvalue weighted by Gasteiger charge is -2.29. The molecule has 0 N–H and O–H groups in total. The summed E-state index contributed by atoms with van der Waals surface area (Å²) in [5, 5.41) is 0. The minimum absolute atomic E-state index is 0.224.